The number of pyridine rings is 2. The predicted molar refractivity (Wildman–Crippen MR) is 147 cm³/mol. The van der Waals surface area contributed by atoms with Crippen molar-refractivity contribution in [1.29, 1.82) is 0 Å². The first-order chi connectivity index (χ1) is 18.0. The molecule has 8 nitrogen and oxygen atoms in total. The second-order valence-corrected chi connectivity index (χ2v) is 8.57. The van der Waals surface area contributed by atoms with Crippen LogP contribution in [-0.4, -0.2) is 44.2 Å². The van der Waals surface area contributed by atoms with Gasteiger partial charge in [0.05, 0.1) is 35.3 Å². The number of nitrogens with one attached hydrogen (secondary N) is 1. The number of hydrogen-bond donors (Lipinski definition) is 1. The molecule has 0 unspecified atom stereocenters. The van der Waals surface area contributed by atoms with Crippen LogP contribution in [-0.2, 0) is 0 Å². The first-order valence-corrected chi connectivity index (χ1v) is 12.0. The molecule has 0 amide bonds. The van der Waals surface area contributed by atoms with Gasteiger partial charge < -0.3 is 9.47 Å². The Kier molecular flexibility index (Phi) is 8.79. The standard InChI is InChI=1S/C13H10ClN3O.C10H7Cl2NO.C3H4N2/c1-18-9-3-4-10-11(14)8-13(16-12(10)7-9)17-6-2-5-15-17;1-14-6-2-3-7-8(11)5-10(12)13-9(7)4-6;1-2-4-5-3-1/h2-8H,1H3;2-5H,1H3;1-3H,(H,4,5). The van der Waals surface area contributed by atoms with Crippen LogP contribution in [0.5, 0.6) is 11.5 Å². The summed E-state index contributed by atoms with van der Waals surface area (Å²) in [5, 5.41) is 13.7. The second kappa shape index (κ2) is 12.4. The minimum atomic E-state index is 0.385. The molecule has 4 aromatic heterocycles. The van der Waals surface area contributed by atoms with E-state index in [1.165, 1.54) is 0 Å². The highest BCUT2D eigenvalue weighted by Crippen LogP contribution is 2.28. The Bertz CT molecular complexity index is 1570. The summed E-state index contributed by atoms with van der Waals surface area (Å²) in [4.78, 5) is 8.67. The Hall–Kier alpha value is -3.85. The number of fused-ring (bicyclic) bond motifs is 2. The van der Waals surface area contributed by atoms with Crippen LogP contribution in [0.2, 0.25) is 15.2 Å². The van der Waals surface area contributed by atoms with Gasteiger partial charge in [-0.25, -0.2) is 14.6 Å². The molecule has 0 aliphatic rings. The number of aromatic nitrogens is 6. The zero-order chi connectivity index (χ0) is 26.2. The Labute approximate surface area is 227 Å². The Morgan fingerprint density at radius 2 is 1.41 bits per heavy atom. The van der Waals surface area contributed by atoms with E-state index in [2.05, 4.69) is 25.3 Å². The second-order valence-electron chi connectivity index (χ2n) is 7.37. The molecule has 0 bridgehead atoms. The van der Waals surface area contributed by atoms with Gasteiger partial charge in [0.25, 0.3) is 0 Å². The zero-order valence-electron chi connectivity index (χ0n) is 19.8. The summed E-state index contributed by atoms with van der Waals surface area (Å²) >= 11 is 18.0. The van der Waals surface area contributed by atoms with Crippen molar-refractivity contribution in [3.8, 4) is 17.3 Å². The van der Waals surface area contributed by atoms with Gasteiger partial charge in [0.2, 0.25) is 0 Å². The fourth-order valence-corrected chi connectivity index (χ4v) is 4.06. The van der Waals surface area contributed by atoms with E-state index in [0.29, 0.717) is 21.0 Å². The molecule has 188 valence electrons. The molecule has 0 radical (unpaired) electrons. The smallest absolute Gasteiger partial charge is 0.155 e. The molecule has 6 rings (SSSR count). The summed E-state index contributed by atoms with van der Waals surface area (Å²) in [6.45, 7) is 0. The van der Waals surface area contributed by atoms with Crippen LogP contribution in [0.4, 0.5) is 0 Å². The number of aromatic amines is 1. The van der Waals surface area contributed by atoms with E-state index in [4.69, 9.17) is 44.3 Å². The maximum Gasteiger partial charge on any atom is 0.155 e. The number of halogens is 3. The molecule has 0 spiro atoms. The molecule has 0 aliphatic carbocycles. The molecule has 0 atom stereocenters. The molecule has 0 saturated heterocycles. The van der Waals surface area contributed by atoms with Crippen LogP contribution in [0.15, 0.2) is 85.5 Å². The zero-order valence-corrected chi connectivity index (χ0v) is 22.0. The summed E-state index contributed by atoms with van der Waals surface area (Å²) in [6.07, 6.45) is 6.98. The van der Waals surface area contributed by atoms with Gasteiger partial charge in [-0.1, -0.05) is 34.8 Å². The summed E-state index contributed by atoms with van der Waals surface area (Å²) < 4.78 is 11.9. The van der Waals surface area contributed by atoms with Gasteiger partial charge in [0.1, 0.15) is 16.7 Å². The van der Waals surface area contributed by atoms with Crippen LogP contribution in [0.3, 0.4) is 0 Å². The van der Waals surface area contributed by atoms with Gasteiger partial charge in [-0.2, -0.15) is 10.2 Å². The average Bonchev–Trinajstić information content (AvgIpc) is 3.66. The van der Waals surface area contributed by atoms with Crippen LogP contribution in [0.25, 0.3) is 27.6 Å². The third-order valence-corrected chi connectivity index (χ3v) is 5.85. The summed E-state index contributed by atoms with van der Waals surface area (Å²) in [7, 11) is 3.23. The maximum atomic E-state index is 6.25. The van der Waals surface area contributed by atoms with E-state index in [0.717, 1.165) is 33.3 Å². The van der Waals surface area contributed by atoms with E-state index >= 15 is 0 Å². The number of hydrogen-bond acceptors (Lipinski definition) is 6. The molecule has 0 aliphatic heterocycles. The Morgan fingerprint density at radius 1 is 0.757 bits per heavy atom. The number of methoxy groups -OCH3 is 2. The number of rotatable bonds is 3. The molecule has 4 heterocycles. The molecule has 37 heavy (non-hydrogen) atoms. The average molecular weight is 556 g/mol. The quantitative estimate of drug-likeness (QED) is 0.236. The Balaban J connectivity index is 0.000000149. The van der Waals surface area contributed by atoms with E-state index in [1.54, 1.807) is 55.7 Å². The number of nitrogens with zero attached hydrogens (tertiary/aromatic N) is 5. The fourth-order valence-electron chi connectivity index (χ4n) is 3.28. The van der Waals surface area contributed by atoms with E-state index in [-0.39, 0.29) is 0 Å². The van der Waals surface area contributed by atoms with Crippen molar-refractivity contribution in [3.05, 3.63) is 101 Å². The number of H-pyrrole nitrogens is 1. The van der Waals surface area contributed by atoms with E-state index in [1.807, 2.05) is 48.7 Å². The SMILES string of the molecule is COc1ccc2c(Cl)cc(-n3cccn3)nc2c1.COc1ccc2c(Cl)cc(Cl)nc2c1.c1cn[nH]c1. The molecular weight excluding hydrogens is 535 g/mol. The molecule has 1 N–H and O–H groups in total. The summed E-state index contributed by atoms with van der Waals surface area (Å²) in [6, 6.07) is 18.2. The summed E-state index contributed by atoms with van der Waals surface area (Å²) in [5.74, 6) is 2.18. The lowest BCUT2D eigenvalue weighted by atomic mass is 10.2. The van der Waals surface area contributed by atoms with Crippen LogP contribution >= 0.6 is 34.8 Å². The lowest BCUT2D eigenvalue weighted by Gasteiger charge is -2.06. The molecule has 6 aromatic rings. The van der Waals surface area contributed by atoms with Gasteiger partial charge in [0, 0.05) is 53.8 Å². The lowest BCUT2D eigenvalue weighted by molar-refractivity contribution is 0.415. The largest absolute Gasteiger partial charge is 0.497 e. The van der Waals surface area contributed by atoms with Crippen LogP contribution in [0, 0.1) is 0 Å². The van der Waals surface area contributed by atoms with Crippen molar-refractivity contribution in [2.24, 2.45) is 0 Å². The predicted octanol–water partition coefficient (Wildman–Crippen LogP) is 7.04. The van der Waals surface area contributed by atoms with Crippen molar-refractivity contribution in [2.75, 3.05) is 14.2 Å². The van der Waals surface area contributed by atoms with Crippen molar-refractivity contribution >= 4 is 56.6 Å². The van der Waals surface area contributed by atoms with Gasteiger partial charge in [-0.3, -0.25) is 5.10 Å². The van der Waals surface area contributed by atoms with Crippen LogP contribution in [0.1, 0.15) is 0 Å². The molecule has 11 heteroatoms. The molecular formula is C26H21Cl3N6O2. The molecule has 0 saturated carbocycles. The maximum absolute atomic E-state index is 6.25. The van der Waals surface area contributed by atoms with E-state index < -0.39 is 0 Å². The number of benzene rings is 2. The lowest BCUT2D eigenvalue weighted by Crippen LogP contribution is -1.98. The fraction of sp³-hybridized carbons (Fsp3) is 0.0769. The highest BCUT2D eigenvalue weighted by atomic mass is 35.5. The summed E-state index contributed by atoms with van der Waals surface area (Å²) in [5.41, 5.74) is 1.52. The van der Waals surface area contributed by atoms with Gasteiger partial charge in [-0.05, 0) is 42.5 Å². The third kappa shape index (κ3) is 6.68. The minimum Gasteiger partial charge on any atom is -0.497 e. The minimum absolute atomic E-state index is 0.385. The highest BCUT2D eigenvalue weighted by Gasteiger charge is 2.07. The van der Waals surface area contributed by atoms with Gasteiger partial charge in [-0.15, -0.1) is 0 Å². The molecule has 0 fully saturated rings. The highest BCUT2D eigenvalue weighted by molar-refractivity contribution is 6.37. The Morgan fingerprint density at radius 3 is 1.92 bits per heavy atom. The monoisotopic (exact) mass is 554 g/mol. The third-order valence-electron chi connectivity index (χ3n) is 5.03. The van der Waals surface area contributed by atoms with Gasteiger partial charge >= 0.3 is 0 Å². The number of ether oxygens (including phenoxy) is 2. The first-order valence-electron chi connectivity index (χ1n) is 10.9. The molecule has 2 aromatic carbocycles. The van der Waals surface area contributed by atoms with Gasteiger partial charge in [0.15, 0.2) is 5.82 Å². The normalized spacial score (nSPS) is 10.3. The van der Waals surface area contributed by atoms with Crippen molar-refractivity contribution in [1.82, 2.24) is 29.9 Å². The van der Waals surface area contributed by atoms with Crippen molar-refractivity contribution < 1.29 is 9.47 Å². The van der Waals surface area contributed by atoms with Crippen molar-refractivity contribution in [2.45, 2.75) is 0 Å². The van der Waals surface area contributed by atoms with E-state index in [9.17, 15) is 0 Å². The van der Waals surface area contributed by atoms with Crippen molar-refractivity contribution in [3.63, 3.8) is 0 Å². The topological polar surface area (TPSA) is 90.7 Å². The van der Waals surface area contributed by atoms with Crippen LogP contribution < -0.4 is 9.47 Å². The first kappa shape index (κ1) is 26.2.